The molecule has 0 saturated heterocycles. The smallest absolute Gasteiger partial charge is 0.236 e. The number of phenols is 1. The van der Waals surface area contributed by atoms with E-state index in [9.17, 15) is 9.90 Å². The van der Waals surface area contributed by atoms with Gasteiger partial charge in [0.15, 0.2) is 0 Å². The van der Waals surface area contributed by atoms with Crippen molar-refractivity contribution in [1.29, 1.82) is 0 Å². The summed E-state index contributed by atoms with van der Waals surface area (Å²) in [6.45, 7) is 2.03. The zero-order valence-corrected chi connectivity index (χ0v) is 11.1. The number of halogens is 2. The average Bonchev–Trinajstić information content (AvgIpc) is 2.30. The van der Waals surface area contributed by atoms with Crippen LogP contribution in [0.25, 0.3) is 0 Å². The van der Waals surface area contributed by atoms with Gasteiger partial charge in [0.25, 0.3) is 0 Å². The topological polar surface area (TPSA) is 61.4 Å². The number of aromatic hydroxyl groups is 1. The fourth-order valence-corrected chi connectivity index (χ4v) is 1.86. The number of amides is 1. The number of carbonyl (C=O) groups excluding carboxylic acids is 1. The molecule has 1 atom stereocenters. The predicted molar refractivity (Wildman–Crippen MR) is 68.5 cm³/mol. The molecule has 0 aromatic heterocycles. The molecule has 94 valence electrons. The Labute approximate surface area is 110 Å². The molecule has 1 aromatic rings. The minimum atomic E-state index is -0.364. The Morgan fingerprint density at radius 3 is 2.71 bits per heavy atom. The van der Waals surface area contributed by atoms with Gasteiger partial charge in [-0.2, -0.15) is 0 Å². The van der Waals surface area contributed by atoms with Crippen molar-refractivity contribution in [3.8, 4) is 5.75 Å². The highest BCUT2D eigenvalue weighted by molar-refractivity contribution is 6.35. The monoisotopic (exact) mass is 276 g/mol. The Bertz CT molecular complexity index is 424. The molecular weight excluding hydrogens is 263 g/mol. The van der Waals surface area contributed by atoms with E-state index >= 15 is 0 Å². The average molecular weight is 277 g/mol. The van der Waals surface area contributed by atoms with Crippen LogP contribution in [0, 0.1) is 0 Å². The number of likely N-dealkylation sites (N-methyl/N-ethyl adjacent to an activating group) is 1. The van der Waals surface area contributed by atoms with Crippen LogP contribution in [0.5, 0.6) is 5.75 Å². The molecule has 0 aliphatic carbocycles. The van der Waals surface area contributed by atoms with E-state index in [4.69, 9.17) is 23.2 Å². The highest BCUT2D eigenvalue weighted by Gasteiger charge is 2.12. The number of nitrogens with one attached hydrogen (secondary N) is 2. The van der Waals surface area contributed by atoms with Gasteiger partial charge in [0.1, 0.15) is 5.75 Å². The maximum atomic E-state index is 11.3. The molecule has 1 aromatic carbocycles. The van der Waals surface area contributed by atoms with E-state index in [1.54, 1.807) is 20.0 Å². The molecule has 0 heterocycles. The Kier molecular flexibility index (Phi) is 5.05. The molecule has 6 heteroatoms. The van der Waals surface area contributed by atoms with Gasteiger partial charge >= 0.3 is 0 Å². The lowest BCUT2D eigenvalue weighted by Gasteiger charge is -2.13. The van der Waals surface area contributed by atoms with Gasteiger partial charge in [0, 0.05) is 24.2 Å². The Balaban J connectivity index is 2.73. The summed E-state index contributed by atoms with van der Waals surface area (Å²) in [5.74, 6) is -0.148. The van der Waals surface area contributed by atoms with Gasteiger partial charge in [-0.25, -0.2) is 0 Å². The number of phenolic OH excluding ortho intramolecular Hbond substituents is 1. The van der Waals surface area contributed by atoms with Crippen molar-refractivity contribution in [1.82, 2.24) is 10.6 Å². The van der Waals surface area contributed by atoms with Gasteiger partial charge in [-0.15, -0.1) is 0 Å². The third-order valence-electron chi connectivity index (χ3n) is 2.35. The summed E-state index contributed by atoms with van der Waals surface area (Å²) in [5, 5.41) is 15.8. The fraction of sp³-hybridized carbons (Fsp3) is 0.364. The zero-order valence-electron chi connectivity index (χ0n) is 9.55. The van der Waals surface area contributed by atoms with Crippen molar-refractivity contribution in [2.45, 2.75) is 19.5 Å². The van der Waals surface area contributed by atoms with Crippen LogP contribution in [0.15, 0.2) is 12.1 Å². The van der Waals surface area contributed by atoms with Crippen molar-refractivity contribution < 1.29 is 9.90 Å². The van der Waals surface area contributed by atoms with Crippen molar-refractivity contribution in [3.63, 3.8) is 0 Å². The maximum absolute atomic E-state index is 11.3. The molecule has 0 aliphatic heterocycles. The first kappa shape index (κ1) is 14.1. The van der Waals surface area contributed by atoms with Gasteiger partial charge in [-0.05, 0) is 19.1 Å². The van der Waals surface area contributed by atoms with Crippen molar-refractivity contribution in [2.24, 2.45) is 0 Å². The van der Waals surface area contributed by atoms with Crippen molar-refractivity contribution in [2.75, 3.05) is 7.05 Å². The second-order valence-electron chi connectivity index (χ2n) is 3.61. The van der Waals surface area contributed by atoms with Crippen LogP contribution in [0.1, 0.15) is 12.5 Å². The second-order valence-corrected chi connectivity index (χ2v) is 4.46. The highest BCUT2D eigenvalue weighted by atomic mass is 35.5. The third kappa shape index (κ3) is 3.77. The van der Waals surface area contributed by atoms with E-state index in [0.29, 0.717) is 17.1 Å². The summed E-state index contributed by atoms with van der Waals surface area (Å²) in [6, 6.07) is 2.70. The molecule has 4 nitrogen and oxygen atoms in total. The van der Waals surface area contributed by atoms with Gasteiger partial charge in [0.2, 0.25) is 5.91 Å². The van der Waals surface area contributed by atoms with Gasteiger partial charge < -0.3 is 15.7 Å². The van der Waals surface area contributed by atoms with Crippen LogP contribution < -0.4 is 10.6 Å². The number of hydrogen-bond donors (Lipinski definition) is 3. The molecule has 0 saturated carbocycles. The van der Waals surface area contributed by atoms with Gasteiger partial charge in [-0.1, -0.05) is 23.2 Å². The van der Waals surface area contributed by atoms with Crippen LogP contribution in [0.3, 0.4) is 0 Å². The number of benzene rings is 1. The van der Waals surface area contributed by atoms with Gasteiger partial charge in [-0.3, -0.25) is 4.79 Å². The molecule has 1 rings (SSSR count). The molecule has 0 radical (unpaired) electrons. The van der Waals surface area contributed by atoms with E-state index in [1.807, 2.05) is 0 Å². The first-order chi connectivity index (χ1) is 7.95. The molecule has 0 bridgehead atoms. The van der Waals surface area contributed by atoms with E-state index < -0.39 is 0 Å². The number of carbonyl (C=O) groups is 1. The van der Waals surface area contributed by atoms with Crippen LogP contribution >= 0.6 is 23.2 Å². The SMILES string of the molecule is CNC(=O)C(C)NCc1cc(Cl)cc(Cl)c1O. The highest BCUT2D eigenvalue weighted by Crippen LogP contribution is 2.30. The molecule has 17 heavy (non-hydrogen) atoms. The van der Waals surface area contributed by atoms with Crippen molar-refractivity contribution >= 4 is 29.1 Å². The third-order valence-corrected chi connectivity index (χ3v) is 2.85. The maximum Gasteiger partial charge on any atom is 0.236 e. The Hall–Kier alpha value is -0.970. The van der Waals surface area contributed by atoms with Crippen LogP contribution in [0.4, 0.5) is 0 Å². The number of rotatable bonds is 4. The molecule has 1 amide bonds. The van der Waals surface area contributed by atoms with Crippen LogP contribution in [-0.2, 0) is 11.3 Å². The van der Waals surface area contributed by atoms with E-state index in [0.717, 1.165) is 0 Å². The minimum Gasteiger partial charge on any atom is -0.506 e. The number of hydrogen-bond acceptors (Lipinski definition) is 3. The van der Waals surface area contributed by atoms with Crippen molar-refractivity contribution in [3.05, 3.63) is 27.7 Å². The Morgan fingerprint density at radius 1 is 1.47 bits per heavy atom. The largest absolute Gasteiger partial charge is 0.506 e. The summed E-state index contributed by atoms with van der Waals surface area (Å²) in [6.07, 6.45) is 0. The van der Waals surface area contributed by atoms with E-state index in [2.05, 4.69) is 10.6 Å². The molecule has 0 fully saturated rings. The summed E-state index contributed by atoms with van der Waals surface area (Å²) >= 11 is 11.6. The lowest BCUT2D eigenvalue weighted by molar-refractivity contribution is -0.122. The van der Waals surface area contributed by atoms with E-state index in [1.165, 1.54) is 6.07 Å². The Morgan fingerprint density at radius 2 is 2.12 bits per heavy atom. The predicted octanol–water partition coefficient (Wildman–Crippen LogP) is 1.92. The quantitative estimate of drug-likeness (QED) is 0.788. The van der Waals surface area contributed by atoms with Gasteiger partial charge in [0.05, 0.1) is 11.1 Å². The zero-order chi connectivity index (χ0) is 13.0. The molecule has 0 aliphatic rings. The minimum absolute atomic E-state index is 0.0207. The fourth-order valence-electron chi connectivity index (χ4n) is 1.33. The molecular formula is C11H14Cl2N2O2. The first-order valence-electron chi connectivity index (χ1n) is 5.07. The first-order valence-corrected chi connectivity index (χ1v) is 5.83. The molecule has 0 spiro atoms. The lowest BCUT2D eigenvalue weighted by atomic mass is 10.2. The van der Waals surface area contributed by atoms with Crippen LogP contribution in [-0.4, -0.2) is 24.1 Å². The van der Waals surface area contributed by atoms with Crippen LogP contribution in [0.2, 0.25) is 10.0 Å². The summed E-state index contributed by atoms with van der Waals surface area (Å²) in [4.78, 5) is 11.3. The normalized spacial score (nSPS) is 12.2. The summed E-state index contributed by atoms with van der Waals surface area (Å²) in [7, 11) is 1.56. The molecule has 1 unspecified atom stereocenters. The lowest BCUT2D eigenvalue weighted by Crippen LogP contribution is -2.40. The van der Waals surface area contributed by atoms with E-state index in [-0.39, 0.29) is 22.7 Å². The summed E-state index contributed by atoms with van der Waals surface area (Å²) in [5.41, 5.74) is 0.554. The summed E-state index contributed by atoms with van der Waals surface area (Å²) < 4.78 is 0. The standard InChI is InChI=1S/C11H14Cl2N2O2/c1-6(11(17)14-2)15-5-7-3-8(12)4-9(13)10(7)16/h3-4,6,15-16H,5H2,1-2H3,(H,14,17). The second kappa shape index (κ2) is 6.10. The molecule has 3 N–H and O–H groups in total.